The van der Waals surface area contributed by atoms with Crippen molar-refractivity contribution in [3.05, 3.63) is 35.9 Å². The minimum Gasteiger partial charge on any atom is -0.343 e. The zero-order valence-corrected chi connectivity index (χ0v) is 10.4. The van der Waals surface area contributed by atoms with Crippen LogP contribution in [0.4, 0.5) is 0 Å². The third-order valence-electron chi connectivity index (χ3n) is 3.12. The van der Waals surface area contributed by atoms with E-state index in [0.29, 0.717) is 12.5 Å². The lowest BCUT2D eigenvalue weighted by atomic mass is 10.1. The summed E-state index contributed by atoms with van der Waals surface area (Å²) in [7, 11) is 1.89. The van der Waals surface area contributed by atoms with E-state index in [1.54, 1.807) is 0 Å². The van der Waals surface area contributed by atoms with Crippen LogP contribution in [0.15, 0.2) is 30.3 Å². The lowest BCUT2D eigenvalue weighted by Gasteiger charge is -2.23. The Kier molecular flexibility index (Phi) is 5.03. The third kappa shape index (κ3) is 3.69. The van der Waals surface area contributed by atoms with E-state index in [1.165, 1.54) is 5.56 Å². The Hall–Kier alpha value is -1.31. The fourth-order valence-corrected chi connectivity index (χ4v) is 1.59. The first kappa shape index (κ1) is 12.8. The predicted molar refractivity (Wildman–Crippen MR) is 67.3 cm³/mol. The summed E-state index contributed by atoms with van der Waals surface area (Å²) in [6.45, 7) is 4.19. The summed E-state index contributed by atoms with van der Waals surface area (Å²) < 4.78 is 0. The molecule has 1 atom stereocenters. The van der Waals surface area contributed by atoms with Crippen LogP contribution in [0.2, 0.25) is 0 Å². The summed E-state index contributed by atoms with van der Waals surface area (Å²) in [6, 6.07) is 10.5. The molecule has 0 aliphatic heterocycles. The van der Waals surface area contributed by atoms with Gasteiger partial charge in [-0.3, -0.25) is 4.79 Å². The Labute approximate surface area is 98.3 Å². The summed E-state index contributed by atoms with van der Waals surface area (Å²) in [5.74, 6) is 0.234. The number of carbonyl (C=O) groups excluding carboxylic acids is 1. The maximum absolute atomic E-state index is 11.8. The Morgan fingerprint density at radius 1 is 1.31 bits per heavy atom. The van der Waals surface area contributed by atoms with Crippen LogP contribution in [-0.4, -0.2) is 23.9 Å². The Balaban J connectivity index is 2.41. The van der Waals surface area contributed by atoms with E-state index in [2.05, 4.69) is 26.0 Å². The summed E-state index contributed by atoms with van der Waals surface area (Å²) in [5.41, 5.74) is 1.23. The normalized spacial score (nSPS) is 12.2. The second-order valence-electron chi connectivity index (χ2n) is 4.25. The van der Waals surface area contributed by atoms with Crippen molar-refractivity contribution in [2.75, 3.05) is 7.05 Å². The van der Waals surface area contributed by atoms with Gasteiger partial charge in [0.25, 0.3) is 0 Å². The number of aryl methyl sites for hydroxylation is 1. The van der Waals surface area contributed by atoms with Crippen LogP contribution in [0.3, 0.4) is 0 Å². The van der Waals surface area contributed by atoms with E-state index in [0.717, 1.165) is 12.8 Å². The van der Waals surface area contributed by atoms with E-state index in [9.17, 15) is 4.79 Å². The zero-order chi connectivity index (χ0) is 12.0. The van der Waals surface area contributed by atoms with Crippen LogP contribution >= 0.6 is 0 Å². The highest BCUT2D eigenvalue weighted by atomic mass is 16.2. The zero-order valence-electron chi connectivity index (χ0n) is 10.4. The number of nitrogens with zero attached hydrogens (tertiary/aromatic N) is 1. The summed E-state index contributed by atoms with van der Waals surface area (Å²) in [4.78, 5) is 13.7. The molecule has 1 amide bonds. The smallest absolute Gasteiger partial charge is 0.222 e. The first-order chi connectivity index (χ1) is 7.65. The third-order valence-corrected chi connectivity index (χ3v) is 3.12. The van der Waals surface area contributed by atoms with Crippen molar-refractivity contribution in [1.82, 2.24) is 4.90 Å². The molecule has 2 heteroatoms. The van der Waals surface area contributed by atoms with Gasteiger partial charge in [0.1, 0.15) is 0 Å². The van der Waals surface area contributed by atoms with Gasteiger partial charge in [-0.05, 0) is 25.3 Å². The molecule has 0 bridgehead atoms. The van der Waals surface area contributed by atoms with Crippen LogP contribution in [0.25, 0.3) is 0 Å². The van der Waals surface area contributed by atoms with Crippen molar-refractivity contribution < 1.29 is 4.79 Å². The largest absolute Gasteiger partial charge is 0.343 e. The quantitative estimate of drug-likeness (QED) is 0.745. The van der Waals surface area contributed by atoms with Gasteiger partial charge >= 0.3 is 0 Å². The molecule has 0 saturated heterocycles. The highest BCUT2D eigenvalue weighted by molar-refractivity contribution is 5.76. The van der Waals surface area contributed by atoms with E-state index in [4.69, 9.17) is 0 Å². The molecule has 0 aliphatic carbocycles. The van der Waals surface area contributed by atoms with Crippen molar-refractivity contribution >= 4 is 5.91 Å². The molecule has 1 aromatic rings. The summed E-state index contributed by atoms with van der Waals surface area (Å²) in [5, 5.41) is 0. The first-order valence-electron chi connectivity index (χ1n) is 5.94. The highest BCUT2D eigenvalue weighted by Crippen LogP contribution is 2.07. The molecule has 0 heterocycles. The van der Waals surface area contributed by atoms with Gasteiger partial charge in [-0.1, -0.05) is 37.3 Å². The van der Waals surface area contributed by atoms with Crippen molar-refractivity contribution in [2.24, 2.45) is 0 Å². The minimum atomic E-state index is 0.234. The van der Waals surface area contributed by atoms with Crippen LogP contribution in [-0.2, 0) is 11.2 Å². The Morgan fingerprint density at radius 2 is 1.94 bits per heavy atom. The topological polar surface area (TPSA) is 20.3 Å². The second-order valence-corrected chi connectivity index (χ2v) is 4.25. The maximum atomic E-state index is 11.8. The van der Waals surface area contributed by atoms with Gasteiger partial charge in [-0.15, -0.1) is 0 Å². The molecule has 0 aromatic heterocycles. The molecule has 0 spiro atoms. The standard InChI is InChI=1S/C14H21NO/c1-4-12(2)15(3)14(16)11-10-13-8-6-5-7-9-13/h5-9,12H,4,10-11H2,1-3H3. The van der Waals surface area contributed by atoms with E-state index >= 15 is 0 Å². The lowest BCUT2D eigenvalue weighted by molar-refractivity contribution is -0.131. The van der Waals surface area contributed by atoms with E-state index in [1.807, 2.05) is 30.1 Å². The molecule has 16 heavy (non-hydrogen) atoms. The molecule has 2 nitrogen and oxygen atoms in total. The van der Waals surface area contributed by atoms with Crippen LogP contribution in [0.5, 0.6) is 0 Å². The fourth-order valence-electron chi connectivity index (χ4n) is 1.59. The summed E-state index contributed by atoms with van der Waals surface area (Å²) in [6.07, 6.45) is 2.44. The number of rotatable bonds is 5. The van der Waals surface area contributed by atoms with Gasteiger partial charge in [-0.25, -0.2) is 0 Å². The van der Waals surface area contributed by atoms with Gasteiger partial charge in [0, 0.05) is 19.5 Å². The van der Waals surface area contributed by atoms with Gasteiger partial charge in [0.15, 0.2) is 0 Å². The van der Waals surface area contributed by atoms with Gasteiger partial charge in [-0.2, -0.15) is 0 Å². The summed E-state index contributed by atoms with van der Waals surface area (Å²) >= 11 is 0. The van der Waals surface area contributed by atoms with Crippen molar-refractivity contribution in [2.45, 2.75) is 39.2 Å². The number of benzene rings is 1. The van der Waals surface area contributed by atoms with E-state index in [-0.39, 0.29) is 5.91 Å². The van der Waals surface area contributed by atoms with Crippen molar-refractivity contribution in [3.8, 4) is 0 Å². The van der Waals surface area contributed by atoms with Gasteiger partial charge in [0.2, 0.25) is 5.91 Å². The molecule has 0 saturated carbocycles. The van der Waals surface area contributed by atoms with Crippen LogP contribution in [0, 0.1) is 0 Å². The Morgan fingerprint density at radius 3 is 2.50 bits per heavy atom. The van der Waals surface area contributed by atoms with Crippen molar-refractivity contribution in [1.29, 1.82) is 0 Å². The van der Waals surface area contributed by atoms with Gasteiger partial charge in [0.05, 0.1) is 0 Å². The van der Waals surface area contributed by atoms with Crippen LogP contribution < -0.4 is 0 Å². The molecular weight excluding hydrogens is 198 g/mol. The molecular formula is C14H21NO. The average Bonchev–Trinajstić information content (AvgIpc) is 2.35. The van der Waals surface area contributed by atoms with Gasteiger partial charge < -0.3 is 4.90 Å². The molecule has 0 aliphatic rings. The fraction of sp³-hybridized carbons (Fsp3) is 0.500. The predicted octanol–water partition coefficient (Wildman–Crippen LogP) is 2.88. The number of carbonyl (C=O) groups is 1. The van der Waals surface area contributed by atoms with E-state index < -0.39 is 0 Å². The maximum Gasteiger partial charge on any atom is 0.222 e. The molecule has 1 aromatic carbocycles. The Bertz CT molecular complexity index is 321. The SMILES string of the molecule is CCC(C)N(C)C(=O)CCc1ccccc1. The molecule has 1 unspecified atom stereocenters. The molecule has 0 N–H and O–H groups in total. The molecule has 0 radical (unpaired) electrons. The molecule has 0 fully saturated rings. The molecule has 88 valence electrons. The number of hydrogen-bond donors (Lipinski definition) is 0. The minimum absolute atomic E-state index is 0.234. The number of hydrogen-bond acceptors (Lipinski definition) is 1. The van der Waals surface area contributed by atoms with Crippen LogP contribution in [0.1, 0.15) is 32.3 Å². The second kappa shape index (κ2) is 6.31. The average molecular weight is 219 g/mol. The lowest BCUT2D eigenvalue weighted by Crippen LogP contribution is -2.34. The highest BCUT2D eigenvalue weighted by Gasteiger charge is 2.13. The van der Waals surface area contributed by atoms with Crippen molar-refractivity contribution in [3.63, 3.8) is 0 Å². The molecule has 1 rings (SSSR count). The first-order valence-corrected chi connectivity index (χ1v) is 5.94. The number of amides is 1. The monoisotopic (exact) mass is 219 g/mol.